The molecule has 2 heterocycles. The molecule has 2 aromatic heterocycles. The number of unbranched alkanes of at least 4 members (excludes halogenated alkanes) is 5. The van der Waals surface area contributed by atoms with Crippen LogP contribution in [0.2, 0.25) is 0 Å². The lowest BCUT2D eigenvalue weighted by Crippen LogP contribution is -2.28. The van der Waals surface area contributed by atoms with E-state index in [2.05, 4.69) is 27.9 Å². The molecular formula is C23H30N4O. The van der Waals surface area contributed by atoms with Gasteiger partial charge in [0.2, 0.25) is 0 Å². The molecular weight excluding hydrogens is 348 g/mol. The molecule has 0 saturated heterocycles. The van der Waals surface area contributed by atoms with Crippen molar-refractivity contribution in [1.29, 1.82) is 0 Å². The number of hydrogen-bond acceptors (Lipinski definition) is 3. The number of amides is 1. The standard InChI is InChI=1S/C23H30N4O/c1-3-4-5-6-7-10-17-27-21-12-9-8-11-20(21)26-22(27)18(2)25-23(28)19-13-15-24-16-14-19/h8-9,11-16,18H,3-7,10,17H2,1-2H3,(H,25,28). The molecule has 1 amide bonds. The summed E-state index contributed by atoms with van der Waals surface area (Å²) in [6, 6.07) is 11.5. The first-order valence-electron chi connectivity index (χ1n) is 10.4. The predicted octanol–water partition coefficient (Wildman–Crippen LogP) is 5.28. The quantitative estimate of drug-likeness (QED) is 0.488. The van der Waals surface area contributed by atoms with Gasteiger partial charge in [0.05, 0.1) is 17.1 Å². The summed E-state index contributed by atoms with van der Waals surface area (Å²) in [5.41, 5.74) is 2.73. The van der Waals surface area contributed by atoms with Gasteiger partial charge >= 0.3 is 0 Å². The van der Waals surface area contributed by atoms with E-state index in [1.165, 1.54) is 32.1 Å². The van der Waals surface area contributed by atoms with E-state index in [0.717, 1.165) is 29.8 Å². The first-order chi connectivity index (χ1) is 13.7. The number of rotatable bonds is 10. The van der Waals surface area contributed by atoms with E-state index in [1.807, 2.05) is 25.1 Å². The molecule has 0 saturated carbocycles. The van der Waals surface area contributed by atoms with Crippen LogP contribution in [-0.4, -0.2) is 20.4 Å². The minimum absolute atomic E-state index is 0.104. The smallest absolute Gasteiger partial charge is 0.251 e. The summed E-state index contributed by atoms with van der Waals surface area (Å²) < 4.78 is 2.27. The second-order valence-electron chi connectivity index (χ2n) is 7.31. The van der Waals surface area contributed by atoms with Crippen molar-refractivity contribution in [3.63, 3.8) is 0 Å². The van der Waals surface area contributed by atoms with Gasteiger partial charge in [-0.2, -0.15) is 0 Å². The lowest BCUT2D eigenvalue weighted by molar-refractivity contribution is 0.0937. The van der Waals surface area contributed by atoms with E-state index < -0.39 is 0 Å². The number of pyridine rings is 1. The average molecular weight is 379 g/mol. The fourth-order valence-electron chi connectivity index (χ4n) is 3.56. The van der Waals surface area contributed by atoms with Gasteiger partial charge in [-0.3, -0.25) is 9.78 Å². The number of fused-ring (bicyclic) bond motifs is 1. The number of aryl methyl sites for hydroxylation is 1. The van der Waals surface area contributed by atoms with Gasteiger partial charge < -0.3 is 9.88 Å². The first kappa shape index (κ1) is 20.1. The zero-order valence-electron chi connectivity index (χ0n) is 16.9. The van der Waals surface area contributed by atoms with Crippen molar-refractivity contribution in [2.75, 3.05) is 0 Å². The van der Waals surface area contributed by atoms with E-state index >= 15 is 0 Å². The number of carbonyl (C=O) groups is 1. The molecule has 3 aromatic rings. The number of hydrogen-bond donors (Lipinski definition) is 1. The maximum Gasteiger partial charge on any atom is 0.251 e. The molecule has 5 heteroatoms. The van der Waals surface area contributed by atoms with Gasteiger partial charge in [-0.25, -0.2) is 4.98 Å². The van der Waals surface area contributed by atoms with E-state index in [-0.39, 0.29) is 11.9 Å². The SMILES string of the molecule is CCCCCCCCn1c(C(C)NC(=O)c2ccncc2)nc2ccccc21. The van der Waals surface area contributed by atoms with Gasteiger partial charge in [0.15, 0.2) is 0 Å². The summed E-state index contributed by atoms with van der Waals surface area (Å²) >= 11 is 0. The molecule has 0 fully saturated rings. The maximum atomic E-state index is 12.5. The van der Waals surface area contributed by atoms with Gasteiger partial charge in [-0.15, -0.1) is 0 Å². The number of carbonyl (C=O) groups excluding carboxylic acids is 1. The topological polar surface area (TPSA) is 59.8 Å². The Bertz CT molecular complexity index is 888. The Morgan fingerprint density at radius 3 is 2.54 bits per heavy atom. The highest BCUT2D eigenvalue weighted by molar-refractivity contribution is 5.94. The van der Waals surface area contributed by atoms with E-state index in [4.69, 9.17) is 4.98 Å². The van der Waals surface area contributed by atoms with Crippen LogP contribution in [0.15, 0.2) is 48.8 Å². The third-order valence-electron chi connectivity index (χ3n) is 5.10. The monoisotopic (exact) mass is 378 g/mol. The molecule has 0 bridgehead atoms. The first-order valence-corrected chi connectivity index (χ1v) is 10.4. The molecule has 148 valence electrons. The van der Waals surface area contributed by atoms with Crippen molar-refractivity contribution in [3.05, 3.63) is 60.2 Å². The van der Waals surface area contributed by atoms with E-state index in [1.54, 1.807) is 24.5 Å². The summed E-state index contributed by atoms with van der Waals surface area (Å²) in [4.78, 5) is 21.3. The van der Waals surface area contributed by atoms with Gasteiger partial charge in [-0.1, -0.05) is 51.2 Å². The minimum Gasteiger partial charge on any atom is -0.342 e. The van der Waals surface area contributed by atoms with E-state index in [9.17, 15) is 4.79 Å². The Morgan fingerprint density at radius 2 is 1.75 bits per heavy atom. The third kappa shape index (κ3) is 4.97. The second-order valence-corrected chi connectivity index (χ2v) is 7.31. The molecule has 0 radical (unpaired) electrons. The maximum absolute atomic E-state index is 12.5. The van der Waals surface area contributed by atoms with Crippen molar-refractivity contribution >= 4 is 16.9 Å². The van der Waals surface area contributed by atoms with Crippen LogP contribution in [-0.2, 0) is 6.54 Å². The number of para-hydroxylation sites is 2. The van der Waals surface area contributed by atoms with Crippen LogP contribution in [0, 0.1) is 0 Å². The van der Waals surface area contributed by atoms with Crippen molar-refractivity contribution in [2.45, 2.75) is 65.0 Å². The van der Waals surface area contributed by atoms with Crippen LogP contribution < -0.4 is 5.32 Å². The Labute approximate surface area is 167 Å². The van der Waals surface area contributed by atoms with Crippen molar-refractivity contribution < 1.29 is 4.79 Å². The molecule has 3 rings (SSSR count). The third-order valence-corrected chi connectivity index (χ3v) is 5.10. The molecule has 5 nitrogen and oxygen atoms in total. The van der Waals surface area contributed by atoms with Gasteiger partial charge in [0, 0.05) is 24.5 Å². The molecule has 0 aliphatic carbocycles. The number of nitrogens with one attached hydrogen (secondary N) is 1. The van der Waals surface area contributed by atoms with Crippen LogP contribution >= 0.6 is 0 Å². The number of imidazole rings is 1. The molecule has 0 aliphatic rings. The molecule has 1 atom stereocenters. The summed E-state index contributed by atoms with van der Waals surface area (Å²) in [7, 11) is 0. The molecule has 28 heavy (non-hydrogen) atoms. The fourth-order valence-corrected chi connectivity index (χ4v) is 3.56. The van der Waals surface area contributed by atoms with Crippen molar-refractivity contribution in [2.24, 2.45) is 0 Å². The van der Waals surface area contributed by atoms with Gasteiger partial charge in [0.25, 0.3) is 5.91 Å². The molecule has 1 unspecified atom stereocenters. The Kier molecular flexibility index (Phi) is 7.18. The van der Waals surface area contributed by atoms with Crippen LogP contribution in [0.3, 0.4) is 0 Å². The second kappa shape index (κ2) is 10.0. The van der Waals surface area contributed by atoms with Crippen LogP contribution in [0.25, 0.3) is 11.0 Å². The molecule has 0 spiro atoms. The highest BCUT2D eigenvalue weighted by Crippen LogP contribution is 2.22. The number of aromatic nitrogens is 3. The summed E-state index contributed by atoms with van der Waals surface area (Å²) in [6.07, 6.45) is 10.8. The predicted molar refractivity (Wildman–Crippen MR) is 113 cm³/mol. The zero-order valence-corrected chi connectivity index (χ0v) is 16.9. The van der Waals surface area contributed by atoms with Crippen molar-refractivity contribution in [1.82, 2.24) is 19.9 Å². The largest absolute Gasteiger partial charge is 0.342 e. The van der Waals surface area contributed by atoms with Crippen LogP contribution in [0.1, 0.15) is 74.6 Å². The lowest BCUT2D eigenvalue weighted by Gasteiger charge is -2.16. The van der Waals surface area contributed by atoms with Crippen molar-refractivity contribution in [3.8, 4) is 0 Å². The fraction of sp³-hybridized carbons (Fsp3) is 0.435. The minimum atomic E-state index is -0.173. The normalized spacial score (nSPS) is 12.2. The van der Waals surface area contributed by atoms with E-state index in [0.29, 0.717) is 5.56 Å². The summed E-state index contributed by atoms with van der Waals surface area (Å²) in [5, 5.41) is 3.08. The Balaban J connectivity index is 1.73. The molecule has 1 N–H and O–H groups in total. The molecule has 0 aliphatic heterocycles. The average Bonchev–Trinajstić information content (AvgIpc) is 3.10. The lowest BCUT2D eigenvalue weighted by atomic mass is 10.1. The number of benzene rings is 1. The summed E-state index contributed by atoms with van der Waals surface area (Å²) in [6.45, 7) is 5.17. The van der Waals surface area contributed by atoms with Crippen LogP contribution in [0.5, 0.6) is 0 Å². The van der Waals surface area contributed by atoms with Crippen LogP contribution in [0.4, 0.5) is 0 Å². The zero-order chi connectivity index (χ0) is 19.8. The summed E-state index contributed by atoms with van der Waals surface area (Å²) in [5.74, 6) is 0.810. The Hall–Kier alpha value is -2.69. The van der Waals surface area contributed by atoms with Gasteiger partial charge in [-0.05, 0) is 37.6 Å². The molecule has 1 aromatic carbocycles. The Morgan fingerprint density at radius 1 is 1.04 bits per heavy atom. The highest BCUT2D eigenvalue weighted by Gasteiger charge is 2.18. The highest BCUT2D eigenvalue weighted by atomic mass is 16.1. The van der Waals surface area contributed by atoms with Gasteiger partial charge in [0.1, 0.15) is 5.82 Å². The number of nitrogens with zero attached hydrogens (tertiary/aromatic N) is 3.